The minimum atomic E-state index is -0.363. The first-order valence-electron chi connectivity index (χ1n) is 9.35. The highest BCUT2D eigenvalue weighted by atomic mass is 32.1. The quantitative estimate of drug-likeness (QED) is 0.649. The fraction of sp³-hybridized carbons (Fsp3) is 0.318. The van der Waals surface area contributed by atoms with Crippen molar-refractivity contribution in [2.75, 3.05) is 12.4 Å². The van der Waals surface area contributed by atoms with Gasteiger partial charge in [-0.15, -0.1) is 11.3 Å². The van der Waals surface area contributed by atoms with E-state index in [9.17, 15) is 9.59 Å². The molecule has 1 aromatic carbocycles. The van der Waals surface area contributed by atoms with Gasteiger partial charge in [-0.1, -0.05) is 45.0 Å². The molecule has 2 amide bonds. The Morgan fingerprint density at radius 3 is 2.52 bits per heavy atom. The van der Waals surface area contributed by atoms with E-state index >= 15 is 0 Å². The number of nitrogens with one attached hydrogen (secondary N) is 1. The average Bonchev–Trinajstić information content (AvgIpc) is 3.33. The van der Waals surface area contributed by atoms with E-state index < -0.39 is 0 Å². The molecule has 0 bridgehead atoms. The molecule has 7 heteroatoms. The maximum atomic E-state index is 12.5. The molecule has 0 fully saturated rings. The Kier molecular flexibility index (Phi) is 6.17. The molecule has 1 N–H and O–H groups in total. The van der Waals surface area contributed by atoms with Crippen molar-refractivity contribution >= 4 is 28.3 Å². The molecule has 0 aliphatic carbocycles. The number of nitrogens with zero attached hydrogens (tertiary/aromatic N) is 2. The molecular formula is C22H25N3O3S. The molecule has 152 valence electrons. The standard InChI is InChI=1S/C22H25N3O3S/c1-22(2,3)16-9-7-15(8-10-16)13-25(4)19(26)12-17-14-29-21(23-17)24-20(27)18-6-5-11-28-18/h5-11,14H,12-13H2,1-4H3,(H,23,24,27). The minimum Gasteiger partial charge on any atom is -0.459 e. The van der Waals surface area contributed by atoms with Gasteiger partial charge in [-0.2, -0.15) is 0 Å². The van der Waals surface area contributed by atoms with Crippen LogP contribution < -0.4 is 5.32 Å². The SMILES string of the molecule is CN(Cc1ccc(C(C)(C)C)cc1)C(=O)Cc1csc(NC(=O)c2ccco2)n1. The van der Waals surface area contributed by atoms with Crippen molar-refractivity contribution in [2.45, 2.75) is 39.2 Å². The molecule has 0 unspecified atom stereocenters. The summed E-state index contributed by atoms with van der Waals surface area (Å²) in [6, 6.07) is 11.6. The summed E-state index contributed by atoms with van der Waals surface area (Å²) >= 11 is 1.28. The number of carbonyl (C=O) groups is 2. The summed E-state index contributed by atoms with van der Waals surface area (Å²) in [6.07, 6.45) is 1.62. The molecule has 6 nitrogen and oxygen atoms in total. The smallest absolute Gasteiger partial charge is 0.293 e. The van der Waals surface area contributed by atoms with E-state index in [0.29, 0.717) is 17.4 Å². The lowest BCUT2D eigenvalue weighted by Gasteiger charge is -2.20. The molecule has 29 heavy (non-hydrogen) atoms. The molecule has 3 rings (SSSR count). The highest BCUT2D eigenvalue weighted by molar-refractivity contribution is 7.14. The molecular weight excluding hydrogens is 386 g/mol. The first kappa shape index (κ1) is 20.8. The van der Waals surface area contributed by atoms with Crippen molar-refractivity contribution in [1.82, 2.24) is 9.88 Å². The number of likely N-dealkylation sites (N-methyl/N-ethyl adjacent to an activating group) is 1. The van der Waals surface area contributed by atoms with Crippen LogP contribution >= 0.6 is 11.3 Å². The average molecular weight is 412 g/mol. The van der Waals surface area contributed by atoms with Gasteiger partial charge in [-0.3, -0.25) is 14.9 Å². The van der Waals surface area contributed by atoms with Gasteiger partial charge in [0.2, 0.25) is 5.91 Å². The lowest BCUT2D eigenvalue weighted by Crippen LogP contribution is -2.27. The molecule has 0 aliphatic heterocycles. The van der Waals surface area contributed by atoms with Gasteiger partial charge in [0.1, 0.15) is 0 Å². The third-order valence-corrected chi connectivity index (χ3v) is 5.32. The topological polar surface area (TPSA) is 75.4 Å². The minimum absolute atomic E-state index is 0.0286. The third-order valence-electron chi connectivity index (χ3n) is 4.51. The van der Waals surface area contributed by atoms with Gasteiger partial charge in [0.15, 0.2) is 10.9 Å². The van der Waals surface area contributed by atoms with Crippen LogP contribution in [0.25, 0.3) is 0 Å². The van der Waals surface area contributed by atoms with E-state index in [1.54, 1.807) is 29.5 Å². The fourth-order valence-electron chi connectivity index (χ4n) is 2.77. The van der Waals surface area contributed by atoms with Crippen LogP contribution in [0.1, 0.15) is 48.1 Å². The van der Waals surface area contributed by atoms with Gasteiger partial charge in [0, 0.05) is 19.0 Å². The van der Waals surface area contributed by atoms with Gasteiger partial charge < -0.3 is 9.32 Å². The summed E-state index contributed by atoms with van der Waals surface area (Å²) in [7, 11) is 1.78. The van der Waals surface area contributed by atoms with E-state index in [1.807, 2.05) is 0 Å². The van der Waals surface area contributed by atoms with Gasteiger partial charge in [0.05, 0.1) is 18.4 Å². The number of carbonyl (C=O) groups excluding carboxylic acids is 2. The Hall–Kier alpha value is -2.93. The highest BCUT2D eigenvalue weighted by Crippen LogP contribution is 2.22. The van der Waals surface area contributed by atoms with Crippen LogP contribution in [0.5, 0.6) is 0 Å². The van der Waals surface area contributed by atoms with E-state index in [0.717, 1.165) is 5.56 Å². The van der Waals surface area contributed by atoms with E-state index in [-0.39, 0.29) is 29.4 Å². The second-order valence-electron chi connectivity index (χ2n) is 7.95. The number of thiazole rings is 1. The monoisotopic (exact) mass is 411 g/mol. The summed E-state index contributed by atoms with van der Waals surface area (Å²) in [5, 5.41) is 4.89. The number of rotatable bonds is 6. The molecule has 3 aromatic rings. The van der Waals surface area contributed by atoms with Crippen LogP contribution in [0.3, 0.4) is 0 Å². The van der Waals surface area contributed by atoms with Crippen molar-refractivity contribution in [3.63, 3.8) is 0 Å². The Labute approximate surface area is 174 Å². The largest absolute Gasteiger partial charge is 0.459 e. The summed E-state index contributed by atoms with van der Waals surface area (Å²) in [5.41, 5.74) is 3.08. The second-order valence-corrected chi connectivity index (χ2v) is 8.81. The third kappa shape index (κ3) is 5.54. The van der Waals surface area contributed by atoms with E-state index in [2.05, 4.69) is 55.3 Å². The maximum Gasteiger partial charge on any atom is 0.293 e. The predicted molar refractivity (Wildman–Crippen MR) is 114 cm³/mol. The van der Waals surface area contributed by atoms with Crippen LogP contribution in [0, 0.1) is 0 Å². The summed E-state index contributed by atoms with van der Waals surface area (Å²) < 4.78 is 5.06. The van der Waals surface area contributed by atoms with Crippen LogP contribution in [0.15, 0.2) is 52.5 Å². The number of furan rings is 1. The van der Waals surface area contributed by atoms with Crippen LogP contribution in [0.2, 0.25) is 0 Å². The lowest BCUT2D eigenvalue weighted by molar-refractivity contribution is -0.129. The number of anilines is 1. The van der Waals surface area contributed by atoms with Gasteiger partial charge >= 0.3 is 0 Å². The Balaban J connectivity index is 1.54. The molecule has 2 heterocycles. The zero-order chi connectivity index (χ0) is 21.0. The van der Waals surface area contributed by atoms with E-state index in [4.69, 9.17) is 4.42 Å². The Morgan fingerprint density at radius 2 is 1.90 bits per heavy atom. The van der Waals surface area contributed by atoms with Crippen molar-refractivity contribution in [3.05, 3.63) is 70.6 Å². The zero-order valence-corrected chi connectivity index (χ0v) is 17.9. The summed E-state index contributed by atoms with van der Waals surface area (Å²) in [4.78, 5) is 30.6. The molecule has 2 aromatic heterocycles. The van der Waals surface area contributed by atoms with Crippen molar-refractivity contribution in [1.29, 1.82) is 0 Å². The summed E-state index contributed by atoms with van der Waals surface area (Å²) in [5.74, 6) is -0.174. The van der Waals surface area contributed by atoms with Gasteiger partial charge in [-0.05, 0) is 28.7 Å². The zero-order valence-electron chi connectivity index (χ0n) is 17.1. The lowest BCUT2D eigenvalue weighted by atomic mass is 9.87. The van der Waals surface area contributed by atoms with Gasteiger partial charge in [0.25, 0.3) is 5.91 Å². The van der Waals surface area contributed by atoms with Gasteiger partial charge in [-0.25, -0.2) is 4.98 Å². The fourth-order valence-corrected chi connectivity index (χ4v) is 3.48. The summed E-state index contributed by atoms with van der Waals surface area (Å²) in [6.45, 7) is 7.07. The van der Waals surface area contributed by atoms with Crippen molar-refractivity contribution in [2.24, 2.45) is 0 Å². The first-order valence-corrected chi connectivity index (χ1v) is 10.2. The van der Waals surface area contributed by atoms with E-state index in [1.165, 1.54) is 23.2 Å². The Morgan fingerprint density at radius 1 is 1.17 bits per heavy atom. The normalized spacial score (nSPS) is 11.3. The predicted octanol–water partition coefficient (Wildman–Crippen LogP) is 4.49. The number of benzene rings is 1. The van der Waals surface area contributed by atoms with Crippen LogP contribution in [-0.4, -0.2) is 28.7 Å². The van der Waals surface area contributed by atoms with Crippen molar-refractivity contribution < 1.29 is 14.0 Å². The second kappa shape index (κ2) is 8.61. The first-order chi connectivity index (χ1) is 13.7. The van der Waals surface area contributed by atoms with Crippen molar-refractivity contribution in [3.8, 4) is 0 Å². The number of aromatic nitrogens is 1. The Bertz CT molecular complexity index is 970. The number of hydrogen-bond acceptors (Lipinski definition) is 5. The highest BCUT2D eigenvalue weighted by Gasteiger charge is 2.16. The van der Waals surface area contributed by atoms with Crippen LogP contribution in [-0.2, 0) is 23.2 Å². The molecule has 0 radical (unpaired) electrons. The molecule has 0 saturated heterocycles. The van der Waals surface area contributed by atoms with Crippen LogP contribution in [0.4, 0.5) is 5.13 Å². The maximum absolute atomic E-state index is 12.5. The number of hydrogen-bond donors (Lipinski definition) is 1. The molecule has 0 aliphatic rings. The molecule has 0 saturated carbocycles. The molecule has 0 atom stereocenters. The molecule has 0 spiro atoms. The number of amides is 2.